The molecule has 0 saturated carbocycles. The first-order valence-electron chi connectivity index (χ1n) is 10.0. The number of anilines is 1. The summed E-state index contributed by atoms with van der Waals surface area (Å²) in [5, 5.41) is 3.89. The topological polar surface area (TPSA) is 62.3 Å². The van der Waals surface area contributed by atoms with Gasteiger partial charge in [0.2, 0.25) is 11.8 Å². The Bertz CT molecular complexity index is 1030. The number of nitrogens with zero attached hydrogens (tertiary/aromatic N) is 2. The molecule has 1 fully saturated rings. The van der Waals surface area contributed by atoms with E-state index in [1.165, 1.54) is 5.56 Å². The second-order valence-electron chi connectivity index (χ2n) is 7.61. The molecule has 1 saturated heterocycles. The molecular formula is C23H25N3O2S. The average Bonchev–Trinajstić information content (AvgIpc) is 3.35. The Hall–Kier alpha value is -2.73. The fourth-order valence-corrected chi connectivity index (χ4v) is 4.88. The van der Waals surface area contributed by atoms with E-state index in [1.54, 1.807) is 11.3 Å². The molecule has 1 aliphatic rings. The fraction of sp³-hybridized carbons (Fsp3) is 0.348. The molecule has 29 heavy (non-hydrogen) atoms. The van der Waals surface area contributed by atoms with Gasteiger partial charge in [-0.1, -0.05) is 18.2 Å². The van der Waals surface area contributed by atoms with Gasteiger partial charge in [0.15, 0.2) is 0 Å². The highest BCUT2D eigenvalue weighted by Crippen LogP contribution is 2.36. The molecule has 0 aliphatic carbocycles. The molecule has 2 amide bonds. The lowest BCUT2D eigenvalue weighted by Crippen LogP contribution is -2.31. The number of likely N-dealkylation sites (tertiary alicyclic amines) is 1. The Kier molecular flexibility index (Phi) is 5.62. The molecule has 1 aliphatic heterocycles. The Labute approximate surface area is 174 Å². The molecule has 5 nitrogen and oxygen atoms in total. The van der Waals surface area contributed by atoms with Crippen LogP contribution < -0.4 is 5.32 Å². The molecule has 1 atom stereocenters. The van der Waals surface area contributed by atoms with Crippen LogP contribution in [0, 0.1) is 13.8 Å². The molecule has 0 radical (unpaired) electrons. The van der Waals surface area contributed by atoms with Crippen molar-refractivity contribution in [2.75, 3.05) is 11.9 Å². The van der Waals surface area contributed by atoms with Crippen LogP contribution in [-0.4, -0.2) is 28.2 Å². The first kappa shape index (κ1) is 19.6. The molecule has 0 bridgehead atoms. The zero-order valence-corrected chi connectivity index (χ0v) is 17.6. The standard InChI is InChI=1S/C23H25N3O2S/c1-15-9-10-17(14-16(15)2)24-21(27)11-12-22(28)26-13-5-7-19(26)23-25-18-6-3-4-8-20(18)29-23/h3-4,6,8-10,14,19H,5,7,11-13H2,1-2H3,(H,24,27)/t19-/m1/s1. The first-order chi connectivity index (χ1) is 14.0. The molecule has 4 rings (SSSR count). The smallest absolute Gasteiger partial charge is 0.224 e. The van der Waals surface area contributed by atoms with Gasteiger partial charge in [0.25, 0.3) is 0 Å². The van der Waals surface area contributed by atoms with Gasteiger partial charge in [-0.2, -0.15) is 0 Å². The zero-order chi connectivity index (χ0) is 20.4. The molecule has 2 heterocycles. The summed E-state index contributed by atoms with van der Waals surface area (Å²) in [6.45, 7) is 4.79. The quantitative estimate of drug-likeness (QED) is 0.648. The number of nitrogens with one attached hydrogen (secondary N) is 1. The second-order valence-corrected chi connectivity index (χ2v) is 8.67. The van der Waals surface area contributed by atoms with Gasteiger partial charge in [-0.25, -0.2) is 4.98 Å². The number of carbonyl (C=O) groups is 2. The molecule has 0 spiro atoms. The van der Waals surface area contributed by atoms with Crippen LogP contribution in [0.1, 0.15) is 47.9 Å². The number of amides is 2. The van der Waals surface area contributed by atoms with E-state index in [4.69, 9.17) is 4.98 Å². The van der Waals surface area contributed by atoms with E-state index in [0.29, 0.717) is 0 Å². The maximum atomic E-state index is 12.8. The molecule has 3 aromatic rings. The van der Waals surface area contributed by atoms with Gasteiger partial charge in [-0.3, -0.25) is 9.59 Å². The van der Waals surface area contributed by atoms with Gasteiger partial charge < -0.3 is 10.2 Å². The van der Waals surface area contributed by atoms with E-state index in [0.717, 1.165) is 45.9 Å². The van der Waals surface area contributed by atoms with E-state index in [2.05, 4.69) is 11.4 Å². The van der Waals surface area contributed by atoms with Crippen LogP contribution in [0.25, 0.3) is 10.2 Å². The summed E-state index contributed by atoms with van der Waals surface area (Å²) in [5.41, 5.74) is 4.08. The number of hydrogen-bond donors (Lipinski definition) is 1. The first-order valence-corrected chi connectivity index (χ1v) is 10.8. The number of carbonyl (C=O) groups excluding carboxylic acids is 2. The number of hydrogen-bond acceptors (Lipinski definition) is 4. The van der Waals surface area contributed by atoms with Crippen molar-refractivity contribution in [3.63, 3.8) is 0 Å². The van der Waals surface area contributed by atoms with Gasteiger partial charge in [-0.05, 0) is 62.1 Å². The lowest BCUT2D eigenvalue weighted by atomic mass is 10.1. The maximum Gasteiger partial charge on any atom is 0.224 e. The molecule has 2 aromatic carbocycles. The van der Waals surface area contributed by atoms with E-state index >= 15 is 0 Å². The summed E-state index contributed by atoms with van der Waals surface area (Å²) < 4.78 is 1.15. The van der Waals surface area contributed by atoms with E-state index in [-0.39, 0.29) is 30.7 Å². The van der Waals surface area contributed by atoms with E-state index < -0.39 is 0 Å². The van der Waals surface area contributed by atoms with Gasteiger partial charge >= 0.3 is 0 Å². The van der Waals surface area contributed by atoms with Crippen molar-refractivity contribution < 1.29 is 9.59 Å². The van der Waals surface area contributed by atoms with Crippen molar-refractivity contribution in [1.29, 1.82) is 0 Å². The number of rotatable bonds is 5. The minimum atomic E-state index is -0.127. The normalized spacial score (nSPS) is 16.3. The van der Waals surface area contributed by atoms with Crippen LogP contribution in [0.2, 0.25) is 0 Å². The predicted molar refractivity (Wildman–Crippen MR) is 117 cm³/mol. The molecule has 0 unspecified atom stereocenters. The lowest BCUT2D eigenvalue weighted by Gasteiger charge is -2.23. The van der Waals surface area contributed by atoms with Crippen LogP contribution in [0.15, 0.2) is 42.5 Å². The number of benzene rings is 2. The van der Waals surface area contributed by atoms with E-state index in [1.807, 2.05) is 55.1 Å². The van der Waals surface area contributed by atoms with Crippen molar-refractivity contribution in [2.45, 2.75) is 45.6 Å². The summed E-state index contributed by atoms with van der Waals surface area (Å²) in [6, 6.07) is 13.9. The highest BCUT2D eigenvalue weighted by molar-refractivity contribution is 7.18. The Morgan fingerprint density at radius 2 is 1.97 bits per heavy atom. The molecule has 150 valence electrons. The van der Waals surface area contributed by atoms with Gasteiger partial charge in [0.1, 0.15) is 5.01 Å². The van der Waals surface area contributed by atoms with Crippen LogP contribution >= 0.6 is 11.3 Å². The third-order valence-corrected chi connectivity index (χ3v) is 6.66. The number of aromatic nitrogens is 1. The van der Waals surface area contributed by atoms with Crippen LogP contribution in [0.4, 0.5) is 5.69 Å². The molecular weight excluding hydrogens is 382 g/mol. The summed E-state index contributed by atoms with van der Waals surface area (Å²) in [5.74, 6) is -0.0978. The second kappa shape index (κ2) is 8.33. The number of thiazole rings is 1. The van der Waals surface area contributed by atoms with Gasteiger partial charge in [0.05, 0.1) is 16.3 Å². The number of fused-ring (bicyclic) bond motifs is 1. The fourth-order valence-electron chi connectivity index (χ4n) is 3.76. The minimum Gasteiger partial charge on any atom is -0.333 e. The minimum absolute atomic E-state index is 0.0296. The third kappa shape index (κ3) is 4.32. The molecule has 6 heteroatoms. The third-order valence-electron chi connectivity index (χ3n) is 5.53. The van der Waals surface area contributed by atoms with Gasteiger partial charge in [-0.15, -0.1) is 11.3 Å². The maximum absolute atomic E-state index is 12.8. The van der Waals surface area contributed by atoms with Crippen LogP contribution in [-0.2, 0) is 9.59 Å². The van der Waals surface area contributed by atoms with Crippen LogP contribution in [0.5, 0.6) is 0 Å². The van der Waals surface area contributed by atoms with Crippen molar-refractivity contribution in [3.8, 4) is 0 Å². The highest BCUT2D eigenvalue weighted by atomic mass is 32.1. The largest absolute Gasteiger partial charge is 0.333 e. The average molecular weight is 408 g/mol. The Morgan fingerprint density at radius 1 is 1.14 bits per heavy atom. The SMILES string of the molecule is Cc1ccc(NC(=O)CCC(=O)N2CCC[C@@H]2c2nc3ccccc3s2)cc1C. The molecule has 1 aromatic heterocycles. The van der Waals surface area contributed by atoms with Crippen molar-refractivity contribution in [1.82, 2.24) is 9.88 Å². The Balaban J connectivity index is 1.37. The van der Waals surface area contributed by atoms with Gasteiger partial charge in [0, 0.05) is 25.1 Å². The summed E-state index contributed by atoms with van der Waals surface area (Å²) >= 11 is 1.66. The van der Waals surface area contributed by atoms with Crippen molar-refractivity contribution in [3.05, 3.63) is 58.6 Å². The van der Waals surface area contributed by atoms with Crippen molar-refractivity contribution >= 4 is 39.1 Å². The predicted octanol–water partition coefficient (Wildman–Crippen LogP) is 5.00. The highest BCUT2D eigenvalue weighted by Gasteiger charge is 2.32. The van der Waals surface area contributed by atoms with E-state index in [9.17, 15) is 9.59 Å². The summed E-state index contributed by atoms with van der Waals surface area (Å²) in [6.07, 6.45) is 2.31. The lowest BCUT2D eigenvalue weighted by molar-refractivity contribution is -0.133. The summed E-state index contributed by atoms with van der Waals surface area (Å²) in [4.78, 5) is 31.8. The number of para-hydroxylation sites is 1. The zero-order valence-electron chi connectivity index (χ0n) is 16.8. The monoisotopic (exact) mass is 407 g/mol. The van der Waals surface area contributed by atoms with Crippen LogP contribution in [0.3, 0.4) is 0 Å². The van der Waals surface area contributed by atoms with Crippen molar-refractivity contribution in [2.24, 2.45) is 0 Å². The number of aryl methyl sites for hydroxylation is 2. The molecule has 1 N–H and O–H groups in total. The summed E-state index contributed by atoms with van der Waals surface area (Å²) in [7, 11) is 0. The Morgan fingerprint density at radius 3 is 2.76 bits per heavy atom.